The minimum Gasteiger partial charge on any atom is -0.322 e. The van der Waals surface area contributed by atoms with Crippen LogP contribution in [-0.4, -0.2) is 23.1 Å². The number of likely N-dealkylation sites (N-methyl/N-ethyl adjacent to an activating group) is 1. The lowest BCUT2D eigenvalue weighted by Crippen LogP contribution is -2.11. The molecule has 4 heteroatoms. The summed E-state index contributed by atoms with van der Waals surface area (Å²) in [5.41, 5.74) is 1.05. The van der Waals surface area contributed by atoms with Crippen LogP contribution in [0.25, 0.3) is 0 Å². The van der Waals surface area contributed by atoms with Crippen molar-refractivity contribution in [2.75, 3.05) is 13.6 Å². The second-order valence-corrected chi connectivity index (χ2v) is 5.31. The van der Waals surface area contributed by atoms with Gasteiger partial charge in [-0.3, -0.25) is 0 Å². The molecule has 17 heavy (non-hydrogen) atoms. The Morgan fingerprint density at radius 1 is 1.35 bits per heavy atom. The van der Waals surface area contributed by atoms with Gasteiger partial charge < -0.3 is 9.88 Å². The largest absolute Gasteiger partial charge is 0.322 e. The van der Waals surface area contributed by atoms with E-state index >= 15 is 0 Å². The summed E-state index contributed by atoms with van der Waals surface area (Å²) >= 11 is 6.34. The molecule has 96 valence electrons. The number of nitrogens with zero attached hydrogens (tertiary/aromatic N) is 2. The van der Waals surface area contributed by atoms with Crippen LogP contribution in [0, 0.1) is 0 Å². The molecule has 0 atom stereocenters. The molecule has 1 fully saturated rings. The third kappa shape index (κ3) is 2.83. The molecule has 0 aliphatic heterocycles. The highest BCUT2D eigenvalue weighted by molar-refractivity contribution is 6.30. The Morgan fingerprint density at radius 2 is 2.06 bits per heavy atom. The molecule has 1 saturated carbocycles. The van der Waals surface area contributed by atoms with Crippen LogP contribution in [0.1, 0.15) is 49.5 Å². The van der Waals surface area contributed by atoms with Crippen LogP contribution in [0.4, 0.5) is 0 Å². The zero-order valence-electron chi connectivity index (χ0n) is 10.8. The summed E-state index contributed by atoms with van der Waals surface area (Å²) in [5, 5.41) is 3.96. The first-order valence-electron chi connectivity index (χ1n) is 6.59. The molecule has 0 radical (unpaired) electrons. The van der Waals surface area contributed by atoms with E-state index in [1.165, 1.54) is 37.9 Å². The van der Waals surface area contributed by atoms with Gasteiger partial charge in [0.2, 0.25) is 0 Å². The van der Waals surface area contributed by atoms with Crippen LogP contribution in [0.15, 0.2) is 0 Å². The molecule has 0 spiro atoms. The predicted molar refractivity (Wildman–Crippen MR) is 71.7 cm³/mol. The first kappa shape index (κ1) is 12.9. The number of nitrogens with one attached hydrogen (secondary N) is 1. The second-order valence-electron chi connectivity index (χ2n) is 4.96. The van der Waals surface area contributed by atoms with E-state index in [4.69, 9.17) is 16.6 Å². The van der Waals surface area contributed by atoms with Crippen LogP contribution in [0.2, 0.25) is 5.15 Å². The van der Waals surface area contributed by atoms with E-state index in [2.05, 4.69) is 9.88 Å². The Labute approximate surface area is 109 Å². The zero-order chi connectivity index (χ0) is 12.3. The Balaban J connectivity index is 2.16. The fourth-order valence-corrected chi connectivity index (χ4v) is 2.91. The molecular formula is C13H22ClN3. The van der Waals surface area contributed by atoms with Crippen LogP contribution in [-0.2, 0) is 13.5 Å². The van der Waals surface area contributed by atoms with Crippen molar-refractivity contribution in [1.82, 2.24) is 14.9 Å². The van der Waals surface area contributed by atoms with Crippen molar-refractivity contribution in [1.29, 1.82) is 0 Å². The summed E-state index contributed by atoms with van der Waals surface area (Å²) in [6, 6.07) is 0. The van der Waals surface area contributed by atoms with Crippen molar-refractivity contribution in [3.05, 3.63) is 16.7 Å². The lowest BCUT2D eigenvalue weighted by Gasteiger charge is -2.20. The Morgan fingerprint density at radius 3 is 2.71 bits per heavy atom. The third-order valence-electron chi connectivity index (χ3n) is 3.71. The Bertz CT molecular complexity index is 367. The summed E-state index contributed by atoms with van der Waals surface area (Å²) in [4.78, 5) is 4.76. The van der Waals surface area contributed by atoms with Gasteiger partial charge in [-0.2, -0.15) is 0 Å². The highest BCUT2D eigenvalue weighted by Crippen LogP contribution is 2.33. The van der Waals surface area contributed by atoms with Crippen LogP contribution < -0.4 is 5.32 Å². The summed E-state index contributed by atoms with van der Waals surface area (Å²) in [7, 11) is 4.00. The second kappa shape index (κ2) is 5.87. The van der Waals surface area contributed by atoms with Gasteiger partial charge in [0, 0.05) is 25.9 Å². The number of aromatic nitrogens is 2. The first-order chi connectivity index (χ1) is 8.24. The quantitative estimate of drug-likeness (QED) is 0.897. The summed E-state index contributed by atoms with van der Waals surface area (Å²) in [6.45, 7) is 0.931. The molecule has 1 aromatic rings. The molecule has 2 rings (SSSR count). The van der Waals surface area contributed by atoms with E-state index in [1.807, 2.05) is 14.1 Å². The van der Waals surface area contributed by atoms with Crippen LogP contribution in [0.3, 0.4) is 0 Å². The van der Waals surface area contributed by atoms with E-state index in [9.17, 15) is 0 Å². The number of halogens is 1. The van der Waals surface area contributed by atoms with Gasteiger partial charge in [-0.25, -0.2) is 4.98 Å². The maximum atomic E-state index is 6.34. The average molecular weight is 256 g/mol. The average Bonchev–Trinajstić information content (AvgIpc) is 2.65. The van der Waals surface area contributed by atoms with Crippen LogP contribution in [0.5, 0.6) is 0 Å². The molecule has 1 aliphatic carbocycles. The molecule has 1 N–H and O–H groups in total. The van der Waals surface area contributed by atoms with Crippen molar-refractivity contribution in [3.8, 4) is 0 Å². The van der Waals surface area contributed by atoms with E-state index in [0.717, 1.165) is 23.8 Å². The van der Waals surface area contributed by atoms with Gasteiger partial charge in [-0.15, -0.1) is 0 Å². The first-order valence-corrected chi connectivity index (χ1v) is 6.97. The van der Waals surface area contributed by atoms with Gasteiger partial charge >= 0.3 is 0 Å². The highest BCUT2D eigenvalue weighted by atomic mass is 35.5. The minimum absolute atomic E-state index is 0.620. The van der Waals surface area contributed by atoms with Crippen molar-refractivity contribution in [3.63, 3.8) is 0 Å². The molecule has 0 aromatic carbocycles. The van der Waals surface area contributed by atoms with Crippen LogP contribution >= 0.6 is 11.6 Å². The molecule has 0 saturated heterocycles. The highest BCUT2D eigenvalue weighted by Gasteiger charge is 2.22. The number of rotatable bonds is 4. The summed E-state index contributed by atoms with van der Waals surface area (Å²) < 4.78 is 2.09. The molecule has 3 nitrogen and oxygen atoms in total. The monoisotopic (exact) mass is 255 g/mol. The maximum absolute atomic E-state index is 6.34. The molecule has 1 heterocycles. The van der Waals surface area contributed by atoms with Crippen molar-refractivity contribution >= 4 is 11.6 Å². The standard InChI is InChI=1S/C13H22ClN3/c1-15-9-8-11-12(14)17(2)13(16-11)10-6-4-3-5-7-10/h10,15H,3-9H2,1-2H3. The number of hydrogen-bond donors (Lipinski definition) is 1. The topological polar surface area (TPSA) is 29.9 Å². The minimum atomic E-state index is 0.620. The molecule has 0 bridgehead atoms. The fourth-order valence-electron chi connectivity index (χ4n) is 2.68. The van der Waals surface area contributed by atoms with Gasteiger partial charge in [0.15, 0.2) is 0 Å². The lowest BCUT2D eigenvalue weighted by molar-refractivity contribution is 0.421. The maximum Gasteiger partial charge on any atom is 0.131 e. The number of imidazole rings is 1. The van der Waals surface area contributed by atoms with Crippen molar-refractivity contribution in [2.24, 2.45) is 7.05 Å². The fraction of sp³-hybridized carbons (Fsp3) is 0.769. The number of hydrogen-bond acceptors (Lipinski definition) is 2. The third-order valence-corrected chi connectivity index (χ3v) is 4.18. The van der Waals surface area contributed by atoms with E-state index in [-0.39, 0.29) is 0 Å². The van der Waals surface area contributed by atoms with Gasteiger partial charge in [0.05, 0.1) is 5.69 Å². The van der Waals surface area contributed by atoms with Gasteiger partial charge in [-0.05, 0) is 19.9 Å². The summed E-state index contributed by atoms with van der Waals surface area (Å²) in [5.74, 6) is 1.82. The van der Waals surface area contributed by atoms with Crippen molar-refractivity contribution < 1.29 is 0 Å². The molecule has 0 unspecified atom stereocenters. The molecule has 1 aromatic heterocycles. The Kier molecular flexibility index (Phi) is 4.46. The van der Waals surface area contributed by atoms with Gasteiger partial charge in [0.25, 0.3) is 0 Å². The lowest BCUT2D eigenvalue weighted by atomic mass is 9.89. The molecular weight excluding hydrogens is 234 g/mol. The SMILES string of the molecule is CNCCc1nc(C2CCCCC2)n(C)c1Cl. The van der Waals surface area contributed by atoms with Crippen molar-refractivity contribution in [2.45, 2.75) is 44.4 Å². The molecule has 0 amide bonds. The van der Waals surface area contributed by atoms with E-state index in [0.29, 0.717) is 5.92 Å². The van der Waals surface area contributed by atoms with E-state index in [1.54, 1.807) is 0 Å². The summed E-state index contributed by atoms with van der Waals surface area (Å²) in [6.07, 6.45) is 7.50. The predicted octanol–water partition coefficient (Wildman–Crippen LogP) is 2.88. The smallest absolute Gasteiger partial charge is 0.131 e. The molecule has 1 aliphatic rings. The normalized spacial score (nSPS) is 17.6. The van der Waals surface area contributed by atoms with Gasteiger partial charge in [-0.1, -0.05) is 30.9 Å². The van der Waals surface area contributed by atoms with Gasteiger partial charge in [0.1, 0.15) is 11.0 Å². The van der Waals surface area contributed by atoms with E-state index < -0.39 is 0 Å². The zero-order valence-corrected chi connectivity index (χ0v) is 11.6. The Hall–Kier alpha value is -0.540.